The molecule has 1 atom stereocenters. The van der Waals surface area contributed by atoms with Gasteiger partial charge in [-0.1, -0.05) is 32.0 Å². The Kier molecular flexibility index (Phi) is 7.56. The van der Waals surface area contributed by atoms with E-state index in [9.17, 15) is 9.36 Å². The van der Waals surface area contributed by atoms with Crippen molar-refractivity contribution in [2.24, 2.45) is 0 Å². The number of rotatable bonds is 9. The second kappa shape index (κ2) is 8.93. The summed E-state index contributed by atoms with van der Waals surface area (Å²) < 4.78 is 23.5. The van der Waals surface area contributed by atoms with Crippen molar-refractivity contribution in [1.29, 1.82) is 0 Å². The van der Waals surface area contributed by atoms with Crippen molar-refractivity contribution in [2.75, 3.05) is 19.4 Å². The summed E-state index contributed by atoms with van der Waals surface area (Å²) in [5, 5.41) is 0.664. The van der Waals surface area contributed by atoms with Crippen LogP contribution in [-0.2, 0) is 18.6 Å². The lowest BCUT2D eigenvalue weighted by atomic mass is 10.4. The Hall–Kier alpha value is -1.12. The van der Waals surface area contributed by atoms with Gasteiger partial charge in [0.2, 0.25) is 7.37 Å². The molecular formula is C15H23O4P. The highest BCUT2D eigenvalue weighted by molar-refractivity contribution is 7.67. The molecular weight excluding hydrogens is 275 g/mol. The van der Waals surface area contributed by atoms with E-state index in [-0.39, 0.29) is 18.6 Å². The zero-order chi connectivity index (χ0) is 14.8. The predicted molar refractivity (Wildman–Crippen MR) is 80.7 cm³/mol. The van der Waals surface area contributed by atoms with Crippen molar-refractivity contribution in [2.45, 2.75) is 33.1 Å². The van der Waals surface area contributed by atoms with E-state index in [1.165, 1.54) is 0 Å². The molecule has 0 amide bonds. The third kappa shape index (κ3) is 5.48. The number of carbonyl (C=O) groups excluding carboxylic acids is 1. The van der Waals surface area contributed by atoms with Crippen LogP contribution in [0.5, 0.6) is 0 Å². The van der Waals surface area contributed by atoms with Crippen molar-refractivity contribution in [3.63, 3.8) is 0 Å². The summed E-state index contributed by atoms with van der Waals surface area (Å²) in [5.41, 5.74) is 0. The molecule has 0 radical (unpaired) electrons. The molecule has 0 spiro atoms. The van der Waals surface area contributed by atoms with Gasteiger partial charge in [-0.2, -0.15) is 0 Å². The fourth-order valence-corrected chi connectivity index (χ4v) is 3.81. The molecule has 1 unspecified atom stereocenters. The number of benzene rings is 1. The number of esters is 1. The Balaban J connectivity index is 2.69. The summed E-state index contributed by atoms with van der Waals surface area (Å²) in [6, 6.07) is 9.09. The lowest BCUT2D eigenvalue weighted by molar-refractivity contribution is -0.143. The maximum Gasteiger partial charge on any atom is 0.306 e. The van der Waals surface area contributed by atoms with Gasteiger partial charge in [0.05, 0.1) is 19.6 Å². The van der Waals surface area contributed by atoms with Crippen molar-refractivity contribution in [1.82, 2.24) is 0 Å². The van der Waals surface area contributed by atoms with Gasteiger partial charge in [0.1, 0.15) is 0 Å². The maximum atomic E-state index is 12.9. The second-order valence-corrected chi connectivity index (χ2v) is 7.10. The average Bonchev–Trinajstić information content (AvgIpc) is 2.49. The first-order chi connectivity index (χ1) is 9.62. The molecule has 1 rings (SSSR count). The minimum atomic E-state index is -2.98. The maximum absolute atomic E-state index is 12.9. The van der Waals surface area contributed by atoms with Crippen LogP contribution in [0.4, 0.5) is 0 Å². The van der Waals surface area contributed by atoms with Crippen LogP contribution in [0.2, 0.25) is 0 Å². The first kappa shape index (κ1) is 16.9. The fourth-order valence-electron chi connectivity index (χ4n) is 1.69. The van der Waals surface area contributed by atoms with Gasteiger partial charge in [0.15, 0.2) is 0 Å². The number of hydrogen-bond acceptors (Lipinski definition) is 4. The van der Waals surface area contributed by atoms with Crippen molar-refractivity contribution in [3.8, 4) is 0 Å². The lowest BCUT2D eigenvalue weighted by Gasteiger charge is -2.18. The summed E-state index contributed by atoms with van der Waals surface area (Å²) in [6.45, 7) is 4.73. The van der Waals surface area contributed by atoms with Crippen LogP contribution in [-0.4, -0.2) is 25.3 Å². The van der Waals surface area contributed by atoms with Gasteiger partial charge in [-0.15, -0.1) is 0 Å². The standard InChI is InChI=1S/C15H23O4P/c1-3-11-18-15(16)10-13-20(17,19-12-4-2)14-8-6-5-7-9-14/h5-9H,3-4,10-13H2,1-2H3. The van der Waals surface area contributed by atoms with Crippen LogP contribution in [0.3, 0.4) is 0 Å². The highest BCUT2D eigenvalue weighted by Gasteiger charge is 2.26. The van der Waals surface area contributed by atoms with Gasteiger partial charge in [0.25, 0.3) is 0 Å². The number of ether oxygens (including phenoxy) is 1. The van der Waals surface area contributed by atoms with Crippen molar-refractivity contribution in [3.05, 3.63) is 30.3 Å². The highest BCUT2D eigenvalue weighted by Crippen LogP contribution is 2.46. The molecule has 1 aromatic rings. The molecule has 0 aliphatic heterocycles. The zero-order valence-corrected chi connectivity index (χ0v) is 13.1. The van der Waals surface area contributed by atoms with E-state index in [1.807, 2.05) is 32.0 Å². The average molecular weight is 298 g/mol. The molecule has 0 saturated heterocycles. The smallest absolute Gasteiger partial charge is 0.306 e. The quantitative estimate of drug-likeness (QED) is 0.518. The topological polar surface area (TPSA) is 52.6 Å². The van der Waals surface area contributed by atoms with E-state index in [0.29, 0.717) is 18.5 Å². The SMILES string of the molecule is CCCOC(=O)CCP(=O)(OCCC)c1ccccc1. The van der Waals surface area contributed by atoms with Crippen LogP contribution < -0.4 is 5.30 Å². The van der Waals surface area contributed by atoms with E-state index in [4.69, 9.17) is 9.26 Å². The molecule has 0 N–H and O–H groups in total. The summed E-state index contributed by atoms with van der Waals surface area (Å²) >= 11 is 0. The molecule has 0 heterocycles. The van der Waals surface area contributed by atoms with Gasteiger partial charge in [0, 0.05) is 11.5 Å². The third-order valence-corrected chi connectivity index (χ3v) is 5.23. The fraction of sp³-hybridized carbons (Fsp3) is 0.533. The van der Waals surface area contributed by atoms with Gasteiger partial charge in [-0.25, -0.2) is 0 Å². The molecule has 5 heteroatoms. The van der Waals surface area contributed by atoms with Gasteiger partial charge in [-0.3, -0.25) is 9.36 Å². The lowest BCUT2D eigenvalue weighted by Crippen LogP contribution is -2.14. The molecule has 0 bridgehead atoms. The molecule has 0 saturated carbocycles. The van der Waals surface area contributed by atoms with Gasteiger partial charge < -0.3 is 9.26 Å². The van der Waals surface area contributed by atoms with Crippen LogP contribution in [0.15, 0.2) is 30.3 Å². The van der Waals surface area contributed by atoms with E-state index in [0.717, 1.165) is 12.8 Å². The minimum Gasteiger partial charge on any atom is -0.466 e. The van der Waals surface area contributed by atoms with Crippen LogP contribution in [0, 0.1) is 0 Å². The van der Waals surface area contributed by atoms with Crippen LogP contribution >= 0.6 is 7.37 Å². The number of hydrogen-bond donors (Lipinski definition) is 0. The van der Waals surface area contributed by atoms with E-state index in [2.05, 4.69) is 0 Å². The Morgan fingerprint density at radius 3 is 2.35 bits per heavy atom. The molecule has 0 aliphatic rings. The third-order valence-electron chi connectivity index (χ3n) is 2.73. The van der Waals surface area contributed by atoms with Crippen LogP contribution in [0.1, 0.15) is 33.1 Å². The summed E-state index contributed by atoms with van der Waals surface area (Å²) in [4.78, 5) is 11.6. The van der Waals surface area contributed by atoms with E-state index in [1.54, 1.807) is 12.1 Å². The van der Waals surface area contributed by atoms with Gasteiger partial charge >= 0.3 is 5.97 Å². The first-order valence-electron chi connectivity index (χ1n) is 7.07. The molecule has 4 nitrogen and oxygen atoms in total. The van der Waals surface area contributed by atoms with Gasteiger partial charge in [-0.05, 0) is 25.0 Å². The Bertz CT molecular complexity index is 444. The molecule has 0 aliphatic carbocycles. The summed E-state index contributed by atoms with van der Waals surface area (Å²) in [6.07, 6.45) is 1.89. The summed E-state index contributed by atoms with van der Waals surface area (Å²) in [7, 11) is -2.98. The number of carbonyl (C=O) groups is 1. The normalized spacial score (nSPS) is 13.7. The first-order valence-corrected chi connectivity index (χ1v) is 8.88. The Morgan fingerprint density at radius 2 is 1.75 bits per heavy atom. The molecule has 1 aromatic carbocycles. The zero-order valence-electron chi connectivity index (χ0n) is 12.2. The largest absolute Gasteiger partial charge is 0.466 e. The molecule has 20 heavy (non-hydrogen) atoms. The molecule has 0 aromatic heterocycles. The van der Waals surface area contributed by atoms with E-state index >= 15 is 0 Å². The molecule has 0 fully saturated rings. The summed E-state index contributed by atoms with van der Waals surface area (Å²) in [5.74, 6) is -0.317. The minimum absolute atomic E-state index is 0.121. The Morgan fingerprint density at radius 1 is 1.10 bits per heavy atom. The monoisotopic (exact) mass is 298 g/mol. The Labute approximate surface area is 120 Å². The highest BCUT2D eigenvalue weighted by atomic mass is 31.2. The second-order valence-electron chi connectivity index (χ2n) is 4.54. The van der Waals surface area contributed by atoms with Crippen molar-refractivity contribution >= 4 is 18.6 Å². The molecule has 112 valence electrons. The van der Waals surface area contributed by atoms with Crippen molar-refractivity contribution < 1.29 is 18.6 Å². The van der Waals surface area contributed by atoms with Crippen LogP contribution in [0.25, 0.3) is 0 Å². The predicted octanol–water partition coefficient (Wildman–Crippen LogP) is 3.36. The van der Waals surface area contributed by atoms with E-state index < -0.39 is 7.37 Å².